The first-order chi connectivity index (χ1) is 12.0. The molecule has 0 aliphatic rings. The van der Waals surface area contributed by atoms with Gasteiger partial charge in [0.05, 0.1) is 6.04 Å². The molecule has 3 N–H and O–H groups in total. The van der Waals surface area contributed by atoms with Gasteiger partial charge in [0.15, 0.2) is 11.5 Å². The molecule has 0 radical (unpaired) electrons. The molecule has 2 aromatic carbocycles. The van der Waals surface area contributed by atoms with E-state index in [1.54, 1.807) is 43.3 Å². The molecule has 0 aliphatic heterocycles. The van der Waals surface area contributed by atoms with E-state index < -0.39 is 5.91 Å². The average Bonchev–Trinajstić information content (AvgIpc) is 3.03. The second-order valence-electron chi connectivity index (χ2n) is 5.40. The van der Waals surface area contributed by atoms with Gasteiger partial charge in [0.2, 0.25) is 0 Å². The Balaban J connectivity index is 1.72. The van der Waals surface area contributed by atoms with Gasteiger partial charge in [0, 0.05) is 10.7 Å². The van der Waals surface area contributed by atoms with E-state index in [0.717, 1.165) is 5.56 Å². The fraction of sp³-hybridized carbons (Fsp3) is 0.118. The third-order valence-electron chi connectivity index (χ3n) is 3.57. The van der Waals surface area contributed by atoms with Crippen LogP contribution in [-0.4, -0.2) is 21.3 Å². The number of carbonyl (C=O) groups is 1. The number of benzene rings is 2. The predicted molar refractivity (Wildman–Crippen MR) is 93.4 cm³/mol. The Labute approximate surface area is 148 Å². The quantitative estimate of drug-likeness (QED) is 0.646. The van der Waals surface area contributed by atoms with Gasteiger partial charge in [-0.2, -0.15) is 5.21 Å². The number of hydrogen-bond donors (Lipinski definition) is 3. The molecule has 25 heavy (non-hydrogen) atoms. The molecule has 1 atom stereocenters. The second kappa shape index (κ2) is 7.31. The van der Waals surface area contributed by atoms with Crippen LogP contribution in [0.5, 0.6) is 0 Å². The smallest absolute Gasteiger partial charge is 0.276 e. The average molecular weight is 360 g/mol. The van der Waals surface area contributed by atoms with E-state index in [9.17, 15) is 9.18 Å². The van der Waals surface area contributed by atoms with Gasteiger partial charge in [-0.25, -0.2) is 4.39 Å². The number of halogens is 2. The molecule has 3 rings (SSSR count). The minimum Gasteiger partial charge on any atom is -0.344 e. The van der Waals surface area contributed by atoms with Crippen molar-refractivity contribution in [1.29, 1.82) is 0 Å². The normalized spacial score (nSPS) is 11.8. The number of H-pyrrole nitrogens is 1. The first-order valence-corrected chi connectivity index (χ1v) is 7.90. The number of rotatable bonds is 5. The Morgan fingerprint density at radius 1 is 1.20 bits per heavy atom. The number of anilines is 2. The Bertz CT molecular complexity index is 881. The summed E-state index contributed by atoms with van der Waals surface area (Å²) in [7, 11) is 0. The number of carbonyl (C=O) groups excluding carboxylic acids is 1. The topological polar surface area (TPSA) is 82.7 Å². The Hall–Kier alpha value is -2.93. The summed E-state index contributed by atoms with van der Waals surface area (Å²) in [5.41, 5.74) is 1.58. The highest BCUT2D eigenvalue weighted by Gasteiger charge is 2.19. The first-order valence-electron chi connectivity index (χ1n) is 7.52. The van der Waals surface area contributed by atoms with Crippen molar-refractivity contribution in [2.45, 2.75) is 13.0 Å². The zero-order valence-corrected chi connectivity index (χ0v) is 14.0. The van der Waals surface area contributed by atoms with Crippen molar-refractivity contribution in [3.8, 4) is 0 Å². The van der Waals surface area contributed by atoms with Crippen LogP contribution in [0, 0.1) is 5.82 Å². The van der Waals surface area contributed by atoms with Crippen LogP contribution in [0.25, 0.3) is 0 Å². The lowest BCUT2D eigenvalue weighted by atomic mass is 10.1. The molecular weight excluding hydrogens is 345 g/mol. The number of amides is 1. The maximum atomic E-state index is 13.0. The SMILES string of the molecule is CC(NC(=O)c1n[nH]nc1Nc1cccc(Cl)c1)c1ccc(F)cc1. The zero-order valence-electron chi connectivity index (χ0n) is 13.3. The van der Waals surface area contributed by atoms with Crippen molar-refractivity contribution < 1.29 is 9.18 Å². The van der Waals surface area contributed by atoms with Gasteiger partial charge in [0.25, 0.3) is 5.91 Å². The Kier molecular flexibility index (Phi) is 4.95. The molecule has 0 saturated heterocycles. The van der Waals surface area contributed by atoms with Crippen LogP contribution < -0.4 is 10.6 Å². The molecule has 1 unspecified atom stereocenters. The van der Waals surface area contributed by atoms with E-state index in [1.807, 2.05) is 0 Å². The largest absolute Gasteiger partial charge is 0.344 e. The lowest BCUT2D eigenvalue weighted by molar-refractivity contribution is 0.0935. The van der Waals surface area contributed by atoms with Crippen molar-refractivity contribution in [3.05, 3.63) is 70.6 Å². The van der Waals surface area contributed by atoms with Crippen molar-refractivity contribution in [1.82, 2.24) is 20.7 Å². The Morgan fingerprint density at radius 3 is 2.68 bits per heavy atom. The fourth-order valence-corrected chi connectivity index (χ4v) is 2.47. The van der Waals surface area contributed by atoms with Gasteiger partial charge >= 0.3 is 0 Å². The third kappa shape index (κ3) is 4.13. The van der Waals surface area contributed by atoms with Crippen LogP contribution >= 0.6 is 11.6 Å². The van der Waals surface area contributed by atoms with E-state index >= 15 is 0 Å². The molecule has 6 nitrogen and oxygen atoms in total. The number of nitrogens with zero attached hydrogens (tertiary/aromatic N) is 2. The van der Waals surface area contributed by atoms with Crippen LogP contribution in [0.3, 0.4) is 0 Å². The summed E-state index contributed by atoms with van der Waals surface area (Å²) in [4.78, 5) is 12.5. The zero-order chi connectivity index (χ0) is 17.8. The van der Waals surface area contributed by atoms with Crippen molar-refractivity contribution in [2.24, 2.45) is 0 Å². The van der Waals surface area contributed by atoms with Crippen molar-refractivity contribution in [2.75, 3.05) is 5.32 Å². The minimum absolute atomic E-state index is 0.119. The van der Waals surface area contributed by atoms with Gasteiger partial charge in [-0.15, -0.1) is 10.2 Å². The molecule has 1 amide bonds. The van der Waals surface area contributed by atoms with E-state index in [0.29, 0.717) is 10.7 Å². The maximum absolute atomic E-state index is 13.0. The fourth-order valence-electron chi connectivity index (χ4n) is 2.28. The van der Waals surface area contributed by atoms with Crippen molar-refractivity contribution >= 4 is 29.0 Å². The monoisotopic (exact) mass is 359 g/mol. The molecule has 1 aromatic heterocycles. The molecule has 0 saturated carbocycles. The Morgan fingerprint density at radius 2 is 1.96 bits per heavy atom. The lowest BCUT2D eigenvalue weighted by Crippen LogP contribution is -2.27. The standard InChI is InChI=1S/C17H15ClFN5O/c1-10(11-5-7-13(19)8-6-11)20-17(25)15-16(23-24-22-15)21-14-4-2-3-12(18)9-14/h2-10H,1H3,(H,20,25)(H2,21,22,23,24). The second-order valence-corrected chi connectivity index (χ2v) is 5.84. The molecule has 8 heteroatoms. The first kappa shape index (κ1) is 16.9. The van der Waals surface area contributed by atoms with Crippen LogP contribution in [-0.2, 0) is 0 Å². The van der Waals surface area contributed by atoms with Gasteiger partial charge in [-0.05, 0) is 42.8 Å². The highest BCUT2D eigenvalue weighted by molar-refractivity contribution is 6.30. The molecular formula is C17H15ClFN5O. The maximum Gasteiger partial charge on any atom is 0.276 e. The molecule has 0 bridgehead atoms. The summed E-state index contributed by atoms with van der Waals surface area (Å²) in [6.45, 7) is 1.80. The number of hydrogen-bond acceptors (Lipinski definition) is 4. The van der Waals surface area contributed by atoms with Crippen LogP contribution in [0.15, 0.2) is 48.5 Å². The third-order valence-corrected chi connectivity index (χ3v) is 3.80. The van der Waals surface area contributed by atoms with Crippen LogP contribution in [0.1, 0.15) is 29.0 Å². The molecule has 1 heterocycles. The summed E-state index contributed by atoms with van der Waals surface area (Å²) in [6, 6.07) is 12.6. The number of aromatic amines is 1. The van der Waals surface area contributed by atoms with Gasteiger partial charge < -0.3 is 10.6 Å². The lowest BCUT2D eigenvalue weighted by Gasteiger charge is -2.14. The van der Waals surface area contributed by atoms with Gasteiger partial charge in [-0.3, -0.25) is 4.79 Å². The molecule has 0 aliphatic carbocycles. The van der Waals surface area contributed by atoms with Crippen LogP contribution in [0.2, 0.25) is 5.02 Å². The van der Waals surface area contributed by atoms with Crippen molar-refractivity contribution in [3.63, 3.8) is 0 Å². The summed E-state index contributed by atoms with van der Waals surface area (Å²) in [6.07, 6.45) is 0. The number of aromatic nitrogens is 3. The summed E-state index contributed by atoms with van der Waals surface area (Å²) in [5, 5.41) is 16.6. The summed E-state index contributed by atoms with van der Waals surface area (Å²) < 4.78 is 13.0. The molecule has 128 valence electrons. The van der Waals surface area contributed by atoms with E-state index in [2.05, 4.69) is 26.0 Å². The molecule has 0 spiro atoms. The molecule has 3 aromatic rings. The van der Waals surface area contributed by atoms with Gasteiger partial charge in [0.1, 0.15) is 5.82 Å². The van der Waals surface area contributed by atoms with E-state index in [-0.39, 0.29) is 23.4 Å². The highest BCUT2D eigenvalue weighted by Crippen LogP contribution is 2.21. The predicted octanol–water partition coefficient (Wildman–Crippen LogP) is 3.83. The van der Waals surface area contributed by atoms with Crippen LogP contribution in [0.4, 0.5) is 15.9 Å². The van der Waals surface area contributed by atoms with E-state index in [1.165, 1.54) is 12.1 Å². The summed E-state index contributed by atoms with van der Waals surface area (Å²) in [5.74, 6) is -0.451. The highest BCUT2D eigenvalue weighted by atomic mass is 35.5. The van der Waals surface area contributed by atoms with E-state index in [4.69, 9.17) is 11.6 Å². The number of nitrogens with one attached hydrogen (secondary N) is 3. The van der Waals surface area contributed by atoms with Gasteiger partial charge in [-0.1, -0.05) is 29.8 Å². The molecule has 0 fully saturated rings. The minimum atomic E-state index is -0.407. The summed E-state index contributed by atoms with van der Waals surface area (Å²) >= 11 is 5.95.